The standard InChI is InChI=1S/C21H34O5.Na/c1-2-3-4-5-8-15(22)11-12-17-18-13-16(9-6-7-10-21(24)25)26-20(18)14-19(17)23;/h9,11-12,15,17-20,22-23H,2-8,10,13-14H2,1H3,(H,24,25);/b12-11+,16-9+;/t15-,17-,18-,19-,20+;/m1./s1. The molecule has 2 aliphatic rings. The van der Waals surface area contributed by atoms with Crippen LogP contribution in [0.4, 0.5) is 0 Å². The fourth-order valence-electron chi connectivity index (χ4n) is 4.03. The third-order valence-corrected chi connectivity index (χ3v) is 5.51. The second-order valence-corrected chi connectivity index (χ2v) is 7.66. The molecular formula is C21H34NaO5. The molecule has 1 saturated carbocycles. The zero-order chi connectivity index (χ0) is 18.9. The second-order valence-electron chi connectivity index (χ2n) is 7.66. The Labute approximate surface area is 185 Å². The van der Waals surface area contributed by atoms with Gasteiger partial charge >= 0.3 is 5.97 Å². The number of carbonyl (C=O) groups is 1. The molecule has 27 heavy (non-hydrogen) atoms. The number of aliphatic hydroxyl groups is 2. The fourth-order valence-corrected chi connectivity index (χ4v) is 4.03. The van der Waals surface area contributed by atoms with Crippen molar-refractivity contribution >= 4 is 35.5 Å². The summed E-state index contributed by atoms with van der Waals surface area (Å²) in [5.41, 5.74) is 0. The maximum absolute atomic E-state index is 10.6. The number of carboxylic acid groups (broad SMARTS) is 1. The van der Waals surface area contributed by atoms with Crippen molar-refractivity contribution < 1.29 is 24.9 Å². The third kappa shape index (κ3) is 8.28. The van der Waals surface area contributed by atoms with Gasteiger partial charge in [0.2, 0.25) is 0 Å². The van der Waals surface area contributed by atoms with Crippen LogP contribution in [0.15, 0.2) is 24.0 Å². The SMILES string of the molecule is CCCCCC[C@@H](O)/C=C/[C@@H]1[C@H]2C/C(=C\CCCC(=O)O)O[C@H]2C[C@H]1O.[Na]. The molecule has 1 radical (unpaired) electrons. The van der Waals surface area contributed by atoms with E-state index >= 15 is 0 Å². The van der Waals surface area contributed by atoms with Crippen molar-refractivity contribution in [2.75, 3.05) is 0 Å². The van der Waals surface area contributed by atoms with E-state index in [1.54, 1.807) is 0 Å². The molecule has 2 rings (SSSR count). The van der Waals surface area contributed by atoms with E-state index in [4.69, 9.17) is 9.84 Å². The number of rotatable bonds is 11. The summed E-state index contributed by atoms with van der Waals surface area (Å²) in [6.07, 6.45) is 13.3. The molecule has 0 aromatic rings. The first kappa shape index (κ1) is 24.7. The van der Waals surface area contributed by atoms with Crippen molar-refractivity contribution in [1.82, 2.24) is 0 Å². The van der Waals surface area contributed by atoms with Crippen LogP contribution in [-0.4, -0.2) is 69.2 Å². The number of aliphatic carboxylic acids is 1. The third-order valence-electron chi connectivity index (χ3n) is 5.51. The van der Waals surface area contributed by atoms with Gasteiger partial charge in [-0.25, -0.2) is 0 Å². The molecule has 1 saturated heterocycles. The summed E-state index contributed by atoms with van der Waals surface area (Å²) in [7, 11) is 0. The Bertz CT molecular complexity index is 505. The molecule has 2 fully saturated rings. The summed E-state index contributed by atoms with van der Waals surface area (Å²) < 4.78 is 5.95. The van der Waals surface area contributed by atoms with Crippen LogP contribution < -0.4 is 0 Å². The molecule has 5 nitrogen and oxygen atoms in total. The minimum absolute atomic E-state index is 0. The number of fused-ring (bicyclic) bond motifs is 1. The fraction of sp³-hybridized carbons (Fsp3) is 0.762. The molecule has 1 heterocycles. The molecule has 3 N–H and O–H groups in total. The van der Waals surface area contributed by atoms with Gasteiger partial charge < -0.3 is 20.1 Å². The molecule has 0 amide bonds. The summed E-state index contributed by atoms with van der Waals surface area (Å²) in [4.78, 5) is 10.6. The summed E-state index contributed by atoms with van der Waals surface area (Å²) in [5, 5.41) is 29.1. The maximum atomic E-state index is 10.6. The summed E-state index contributed by atoms with van der Waals surface area (Å²) >= 11 is 0. The second kappa shape index (κ2) is 13.0. The van der Waals surface area contributed by atoms with E-state index in [0.29, 0.717) is 19.3 Å². The van der Waals surface area contributed by atoms with E-state index in [-0.39, 0.29) is 53.9 Å². The Morgan fingerprint density at radius 1 is 1.30 bits per heavy atom. The average Bonchev–Trinajstić information content (AvgIpc) is 3.10. The van der Waals surface area contributed by atoms with Gasteiger partial charge in [-0.05, 0) is 25.3 Å². The molecule has 0 unspecified atom stereocenters. The Kier molecular flexibility index (Phi) is 11.9. The quantitative estimate of drug-likeness (QED) is 0.286. The maximum Gasteiger partial charge on any atom is 0.303 e. The van der Waals surface area contributed by atoms with Gasteiger partial charge in [0.1, 0.15) is 6.10 Å². The van der Waals surface area contributed by atoms with E-state index < -0.39 is 18.2 Å². The van der Waals surface area contributed by atoms with Crippen LogP contribution >= 0.6 is 0 Å². The van der Waals surface area contributed by atoms with Crippen LogP contribution in [-0.2, 0) is 9.53 Å². The van der Waals surface area contributed by atoms with Crippen LogP contribution in [0.25, 0.3) is 0 Å². The number of ether oxygens (including phenoxy) is 1. The van der Waals surface area contributed by atoms with Crippen molar-refractivity contribution in [3.8, 4) is 0 Å². The Hall–Kier alpha value is -0.330. The molecule has 5 atom stereocenters. The van der Waals surface area contributed by atoms with Crippen LogP contribution in [0, 0.1) is 11.8 Å². The first-order valence-corrected chi connectivity index (χ1v) is 10.1. The Morgan fingerprint density at radius 2 is 2.07 bits per heavy atom. The van der Waals surface area contributed by atoms with E-state index in [0.717, 1.165) is 31.4 Å². The number of hydrogen-bond acceptors (Lipinski definition) is 4. The van der Waals surface area contributed by atoms with Gasteiger partial charge in [-0.3, -0.25) is 4.79 Å². The largest absolute Gasteiger partial charge is 0.495 e. The van der Waals surface area contributed by atoms with Crippen molar-refractivity contribution in [2.24, 2.45) is 11.8 Å². The van der Waals surface area contributed by atoms with E-state index in [1.165, 1.54) is 12.8 Å². The zero-order valence-electron chi connectivity index (χ0n) is 16.8. The van der Waals surface area contributed by atoms with Gasteiger partial charge in [0.05, 0.1) is 18.0 Å². The topological polar surface area (TPSA) is 87.0 Å². The number of carboxylic acids is 1. The molecule has 1 aliphatic heterocycles. The van der Waals surface area contributed by atoms with Crippen LogP contribution in [0.3, 0.4) is 0 Å². The predicted molar refractivity (Wildman–Crippen MR) is 106 cm³/mol. The summed E-state index contributed by atoms with van der Waals surface area (Å²) in [6.45, 7) is 2.17. The van der Waals surface area contributed by atoms with E-state index in [2.05, 4.69) is 6.92 Å². The first-order valence-electron chi connectivity index (χ1n) is 10.1. The van der Waals surface area contributed by atoms with Gasteiger partial charge in [0.25, 0.3) is 0 Å². The Balaban J connectivity index is 0.00000364. The average molecular weight is 389 g/mol. The van der Waals surface area contributed by atoms with Crippen molar-refractivity contribution in [3.05, 3.63) is 24.0 Å². The molecule has 0 spiro atoms. The molecule has 0 bridgehead atoms. The van der Waals surface area contributed by atoms with Crippen molar-refractivity contribution in [3.63, 3.8) is 0 Å². The van der Waals surface area contributed by atoms with Gasteiger partial charge in [0, 0.05) is 60.7 Å². The van der Waals surface area contributed by atoms with Crippen LogP contribution in [0.1, 0.15) is 71.1 Å². The molecule has 6 heteroatoms. The minimum atomic E-state index is -0.769. The van der Waals surface area contributed by atoms with Crippen molar-refractivity contribution in [2.45, 2.75) is 89.4 Å². The van der Waals surface area contributed by atoms with Gasteiger partial charge in [-0.15, -0.1) is 0 Å². The number of unbranched alkanes of at least 4 members (excludes halogenated alkanes) is 4. The smallest absolute Gasteiger partial charge is 0.303 e. The number of aliphatic hydroxyl groups excluding tert-OH is 2. The molecule has 1 aliphatic carbocycles. The van der Waals surface area contributed by atoms with Gasteiger partial charge in [-0.1, -0.05) is 44.8 Å². The molecular weight excluding hydrogens is 355 g/mol. The number of hydrogen-bond donors (Lipinski definition) is 3. The first-order chi connectivity index (χ1) is 12.5. The predicted octanol–water partition coefficient (Wildman–Crippen LogP) is 3.42. The molecule has 149 valence electrons. The summed E-state index contributed by atoms with van der Waals surface area (Å²) in [6, 6.07) is 0. The van der Waals surface area contributed by atoms with Crippen molar-refractivity contribution in [1.29, 1.82) is 0 Å². The van der Waals surface area contributed by atoms with Gasteiger partial charge in [-0.2, -0.15) is 0 Å². The van der Waals surface area contributed by atoms with Crippen LogP contribution in [0.5, 0.6) is 0 Å². The normalized spacial score (nSPS) is 29.5. The van der Waals surface area contributed by atoms with Crippen LogP contribution in [0.2, 0.25) is 0 Å². The monoisotopic (exact) mass is 389 g/mol. The summed E-state index contributed by atoms with van der Waals surface area (Å²) in [5.74, 6) is 0.430. The van der Waals surface area contributed by atoms with E-state index in [9.17, 15) is 15.0 Å². The van der Waals surface area contributed by atoms with E-state index in [1.807, 2.05) is 18.2 Å². The zero-order valence-corrected chi connectivity index (χ0v) is 18.8. The van der Waals surface area contributed by atoms with Gasteiger partial charge in [0.15, 0.2) is 0 Å². The molecule has 0 aromatic carbocycles. The Morgan fingerprint density at radius 3 is 2.78 bits per heavy atom. The minimum Gasteiger partial charge on any atom is -0.495 e. The molecule has 0 aromatic heterocycles. The number of allylic oxidation sites excluding steroid dienone is 2.